The number of aryl methyl sites for hydroxylation is 1. The topological polar surface area (TPSA) is 80.0 Å². The number of nitrogens with zero attached hydrogens (tertiary/aromatic N) is 1. The van der Waals surface area contributed by atoms with Gasteiger partial charge in [0.1, 0.15) is 6.04 Å². The number of methoxy groups -OCH3 is 1. The third kappa shape index (κ3) is 2.58. The van der Waals surface area contributed by atoms with Gasteiger partial charge in [0.25, 0.3) is 5.91 Å². The van der Waals surface area contributed by atoms with Crippen molar-refractivity contribution >= 4 is 34.4 Å². The van der Waals surface area contributed by atoms with Crippen molar-refractivity contribution in [3.05, 3.63) is 34.5 Å². The summed E-state index contributed by atoms with van der Waals surface area (Å²) in [6.45, 7) is 1.98. The zero-order valence-corrected chi connectivity index (χ0v) is 13.5. The molecule has 122 valence electrons. The SMILES string of the molecule is COC1CC(C(=O)O)N(C(=O)c2oc3c(Cl)cccc3c2C)C1. The van der Waals surface area contributed by atoms with Gasteiger partial charge in [0.15, 0.2) is 11.3 Å². The molecule has 1 saturated heterocycles. The average Bonchev–Trinajstić information content (AvgIpc) is 3.10. The summed E-state index contributed by atoms with van der Waals surface area (Å²) in [5, 5.41) is 10.5. The highest BCUT2D eigenvalue weighted by molar-refractivity contribution is 6.35. The number of halogens is 1. The summed E-state index contributed by atoms with van der Waals surface area (Å²) in [5.74, 6) is -1.39. The largest absolute Gasteiger partial charge is 0.480 e. The second-order valence-electron chi connectivity index (χ2n) is 5.58. The van der Waals surface area contributed by atoms with Gasteiger partial charge < -0.3 is 19.2 Å². The standard InChI is InChI=1S/C16H16ClNO5/c1-8-10-4-3-5-11(17)14(10)23-13(8)15(19)18-7-9(22-2)6-12(18)16(20)21/h3-5,9,12H,6-7H2,1-2H3,(H,20,21). The van der Waals surface area contributed by atoms with Crippen molar-refractivity contribution in [2.24, 2.45) is 0 Å². The first-order valence-corrected chi connectivity index (χ1v) is 7.56. The van der Waals surface area contributed by atoms with Crippen LogP contribution in [-0.2, 0) is 9.53 Å². The van der Waals surface area contributed by atoms with Crippen molar-refractivity contribution in [3.63, 3.8) is 0 Å². The van der Waals surface area contributed by atoms with Crippen LogP contribution in [0.1, 0.15) is 22.5 Å². The molecule has 1 aliphatic heterocycles. The molecule has 0 spiro atoms. The molecule has 1 aliphatic rings. The number of hydrogen-bond donors (Lipinski definition) is 1. The molecule has 3 rings (SSSR count). The summed E-state index contributed by atoms with van der Waals surface area (Å²) < 4.78 is 10.9. The van der Waals surface area contributed by atoms with E-state index >= 15 is 0 Å². The fourth-order valence-electron chi connectivity index (χ4n) is 2.97. The first kappa shape index (κ1) is 15.8. The molecule has 0 aliphatic carbocycles. The van der Waals surface area contributed by atoms with Gasteiger partial charge in [0, 0.05) is 31.0 Å². The highest BCUT2D eigenvalue weighted by Crippen LogP contribution is 2.32. The molecule has 2 aromatic rings. The van der Waals surface area contributed by atoms with Crippen LogP contribution in [0.25, 0.3) is 11.0 Å². The molecule has 0 radical (unpaired) electrons. The van der Waals surface area contributed by atoms with E-state index in [0.29, 0.717) is 16.2 Å². The monoisotopic (exact) mass is 337 g/mol. The summed E-state index contributed by atoms with van der Waals surface area (Å²) in [6.07, 6.45) is -0.0363. The van der Waals surface area contributed by atoms with Crippen LogP contribution in [0.2, 0.25) is 5.02 Å². The van der Waals surface area contributed by atoms with Crippen molar-refractivity contribution in [2.45, 2.75) is 25.5 Å². The van der Waals surface area contributed by atoms with Crippen LogP contribution < -0.4 is 0 Å². The van der Waals surface area contributed by atoms with Gasteiger partial charge in [0.2, 0.25) is 0 Å². The van der Waals surface area contributed by atoms with E-state index < -0.39 is 17.9 Å². The molecule has 0 bridgehead atoms. The number of amides is 1. The molecule has 1 fully saturated rings. The molecular formula is C16H16ClNO5. The van der Waals surface area contributed by atoms with Crippen molar-refractivity contribution < 1.29 is 23.8 Å². The number of para-hydroxylation sites is 1. The highest BCUT2D eigenvalue weighted by atomic mass is 35.5. The number of furan rings is 1. The Morgan fingerprint density at radius 2 is 2.17 bits per heavy atom. The second kappa shape index (κ2) is 5.86. The number of carbonyl (C=O) groups excluding carboxylic acids is 1. The quantitative estimate of drug-likeness (QED) is 0.931. The number of fused-ring (bicyclic) bond motifs is 1. The number of carboxylic acid groups (broad SMARTS) is 1. The molecule has 1 aromatic heterocycles. The normalized spacial score (nSPS) is 21.1. The summed E-state index contributed by atoms with van der Waals surface area (Å²) in [6, 6.07) is 4.35. The van der Waals surface area contributed by atoms with Crippen LogP contribution in [0.15, 0.2) is 22.6 Å². The zero-order chi connectivity index (χ0) is 16.7. The molecule has 2 atom stereocenters. The zero-order valence-electron chi connectivity index (χ0n) is 12.7. The first-order valence-electron chi connectivity index (χ1n) is 7.18. The summed E-state index contributed by atoms with van der Waals surface area (Å²) >= 11 is 6.10. The molecule has 23 heavy (non-hydrogen) atoms. The Hall–Kier alpha value is -2.05. The van der Waals surface area contributed by atoms with Gasteiger partial charge in [0.05, 0.1) is 11.1 Å². The number of carboxylic acids is 1. The number of rotatable bonds is 3. The molecule has 6 nitrogen and oxygen atoms in total. The van der Waals surface area contributed by atoms with Crippen LogP contribution in [0.5, 0.6) is 0 Å². The number of hydrogen-bond acceptors (Lipinski definition) is 4. The maximum atomic E-state index is 12.8. The Balaban J connectivity index is 2.01. The van der Waals surface area contributed by atoms with E-state index in [1.807, 2.05) is 6.07 Å². The maximum absolute atomic E-state index is 12.8. The third-order valence-corrected chi connectivity index (χ3v) is 4.55. The first-order chi connectivity index (χ1) is 10.9. The summed E-state index contributed by atoms with van der Waals surface area (Å²) in [4.78, 5) is 25.5. The van der Waals surface area contributed by atoms with Crippen molar-refractivity contribution in [3.8, 4) is 0 Å². The van der Waals surface area contributed by atoms with Gasteiger partial charge in [-0.15, -0.1) is 0 Å². The maximum Gasteiger partial charge on any atom is 0.326 e. The van der Waals surface area contributed by atoms with Gasteiger partial charge in [-0.2, -0.15) is 0 Å². The number of likely N-dealkylation sites (tertiary alicyclic amines) is 1. The lowest BCUT2D eigenvalue weighted by Gasteiger charge is -2.20. The number of aliphatic carboxylic acids is 1. The molecule has 2 heterocycles. The lowest BCUT2D eigenvalue weighted by atomic mass is 10.1. The Bertz CT molecular complexity index is 784. The predicted octanol–water partition coefficient (Wildman–Crippen LogP) is 2.71. The van der Waals surface area contributed by atoms with E-state index in [-0.39, 0.29) is 24.8 Å². The number of benzene rings is 1. The lowest BCUT2D eigenvalue weighted by molar-refractivity contribution is -0.141. The van der Waals surface area contributed by atoms with E-state index in [9.17, 15) is 14.7 Å². The minimum atomic E-state index is -1.05. The van der Waals surface area contributed by atoms with Crippen LogP contribution in [-0.4, -0.2) is 47.7 Å². The van der Waals surface area contributed by atoms with Crippen molar-refractivity contribution in [1.29, 1.82) is 0 Å². The van der Waals surface area contributed by atoms with E-state index in [4.69, 9.17) is 20.8 Å². The van der Waals surface area contributed by atoms with E-state index in [0.717, 1.165) is 5.39 Å². The van der Waals surface area contributed by atoms with E-state index in [1.165, 1.54) is 12.0 Å². The number of carbonyl (C=O) groups is 2. The fraction of sp³-hybridized carbons (Fsp3) is 0.375. The Kier molecular flexibility index (Phi) is 4.04. The van der Waals surface area contributed by atoms with Gasteiger partial charge in [-0.25, -0.2) is 4.79 Å². The third-order valence-electron chi connectivity index (χ3n) is 4.25. The Morgan fingerprint density at radius 1 is 1.43 bits per heavy atom. The lowest BCUT2D eigenvalue weighted by Crippen LogP contribution is -2.40. The van der Waals surface area contributed by atoms with Crippen LogP contribution in [0, 0.1) is 6.92 Å². The molecule has 0 saturated carbocycles. The Morgan fingerprint density at radius 3 is 2.78 bits per heavy atom. The minimum Gasteiger partial charge on any atom is -0.480 e. The van der Waals surface area contributed by atoms with Crippen molar-refractivity contribution in [1.82, 2.24) is 4.90 Å². The van der Waals surface area contributed by atoms with Crippen molar-refractivity contribution in [2.75, 3.05) is 13.7 Å². The van der Waals surface area contributed by atoms with E-state index in [2.05, 4.69) is 0 Å². The number of ether oxygens (including phenoxy) is 1. The molecule has 1 N–H and O–H groups in total. The average molecular weight is 338 g/mol. The van der Waals surface area contributed by atoms with E-state index in [1.54, 1.807) is 19.1 Å². The molecule has 7 heteroatoms. The molecular weight excluding hydrogens is 322 g/mol. The smallest absolute Gasteiger partial charge is 0.326 e. The van der Waals surface area contributed by atoms with Gasteiger partial charge in [-0.05, 0) is 13.0 Å². The fourth-order valence-corrected chi connectivity index (χ4v) is 3.18. The van der Waals surface area contributed by atoms with Crippen LogP contribution in [0.3, 0.4) is 0 Å². The molecule has 1 aromatic carbocycles. The van der Waals surface area contributed by atoms with Gasteiger partial charge in [-0.3, -0.25) is 4.79 Å². The Labute approximate surface area is 137 Å². The minimum absolute atomic E-state index is 0.121. The predicted molar refractivity (Wildman–Crippen MR) is 83.8 cm³/mol. The van der Waals surface area contributed by atoms with Crippen LogP contribution >= 0.6 is 11.6 Å². The van der Waals surface area contributed by atoms with Gasteiger partial charge >= 0.3 is 5.97 Å². The second-order valence-corrected chi connectivity index (χ2v) is 5.98. The molecule has 1 amide bonds. The summed E-state index contributed by atoms with van der Waals surface area (Å²) in [7, 11) is 1.50. The van der Waals surface area contributed by atoms with Crippen LogP contribution in [0.4, 0.5) is 0 Å². The highest BCUT2D eigenvalue weighted by Gasteiger charge is 2.41. The van der Waals surface area contributed by atoms with Gasteiger partial charge in [-0.1, -0.05) is 23.7 Å². The summed E-state index contributed by atoms with van der Waals surface area (Å²) in [5.41, 5.74) is 1.09. The molecule has 2 unspecified atom stereocenters.